The van der Waals surface area contributed by atoms with Gasteiger partial charge in [-0.05, 0) is 80.9 Å². The number of hydrogen-bond acceptors (Lipinski definition) is 2. The SMILES string of the molecule is c1ccc(-c2cc3c4cccc(-c5ccc(N(c6ccccc6)c6ccccc6)cc5)c4sc3c3c2ccc2ccccc23)cc1. The van der Waals surface area contributed by atoms with Crippen LogP contribution < -0.4 is 4.90 Å². The number of thiophene rings is 1. The first-order valence-corrected chi connectivity index (χ1v) is 16.5. The van der Waals surface area contributed by atoms with Crippen LogP contribution in [0.5, 0.6) is 0 Å². The molecule has 9 aromatic rings. The minimum atomic E-state index is 1.13. The lowest BCUT2D eigenvalue weighted by molar-refractivity contribution is 1.28. The van der Waals surface area contributed by atoms with Gasteiger partial charge in [0.2, 0.25) is 0 Å². The van der Waals surface area contributed by atoms with Gasteiger partial charge in [-0.3, -0.25) is 0 Å². The molecular weight excluding hydrogens is 575 g/mol. The van der Waals surface area contributed by atoms with Crippen LogP contribution in [0.2, 0.25) is 0 Å². The molecule has 0 spiro atoms. The van der Waals surface area contributed by atoms with Crippen molar-refractivity contribution in [2.24, 2.45) is 0 Å². The summed E-state index contributed by atoms with van der Waals surface area (Å²) in [6.07, 6.45) is 0. The summed E-state index contributed by atoms with van der Waals surface area (Å²) in [5.74, 6) is 0. The number of fused-ring (bicyclic) bond motifs is 7. The summed E-state index contributed by atoms with van der Waals surface area (Å²) in [6, 6.07) is 63.6. The Bertz CT molecular complexity index is 2460. The molecule has 9 rings (SSSR count). The molecule has 0 aliphatic rings. The highest BCUT2D eigenvalue weighted by molar-refractivity contribution is 7.27. The topological polar surface area (TPSA) is 3.24 Å². The van der Waals surface area contributed by atoms with Gasteiger partial charge in [-0.1, -0.05) is 133 Å². The Morgan fingerprint density at radius 3 is 1.65 bits per heavy atom. The summed E-state index contributed by atoms with van der Waals surface area (Å²) in [5.41, 5.74) is 8.44. The van der Waals surface area contributed by atoms with Crippen LogP contribution in [0.15, 0.2) is 176 Å². The van der Waals surface area contributed by atoms with E-state index in [9.17, 15) is 0 Å². The zero-order valence-electron chi connectivity index (χ0n) is 25.1. The fourth-order valence-electron chi connectivity index (χ4n) is 6.91. The van der Waals surface area contributed by atoms with Crippen molar-refractivity contribution in [2.75, 3.05) is 4.90 Å². The van der Waals surface area contributed by atoms with E-state index in [4.69, 9.17) is 0 Å². The summed E-state index contributed by atoms with van der Waals surface area (Å²) >= 11 is 1.93. The molecule has 0 atom stereocenters. The number of nitrogens with zero attached hydrogens (tertiary/aromatic N) is 1. The summed E-state index contributed by atoms with van der Waals surface area (Å²) in [4.78, 5) is 2.31. The molecule has 1 aromatic heterocycles. The molecule has 0 radical (unpaired) electrons. The number of rotatable bonds is 5. The minimum absolute atomic E-state index is 1.13. The van der Waals surface area contributed by atoms with Crippen LogP contribution in [0, 0.1) is 0 Å². The Balaban J connectivity index is 1.25. The molecule has 0 unspecified atom stereocenters. The third-order valence-electron chi connectivity index (χ3n) is 9.04. The molecule has 0 N–H and O–H groups in total. The molecule has 46 heavy (non-hydrogen) atoms. The van der Waals surface area contributed by atoms with Gasteiger partial charge in [0.1, 0.15) is 0 Å². The number of anilines is 3. The highest BCUT2D eigenvalue weighted by atomic mass is 32.1. The predicted molar refractivity (Wildman–Crippen MR) is 200 cm³/mol. The van der Waals surface area contributed by atoms with E-state index in [-0.39, 0.29) is 0 Å². The first kappa shape index (κ1) is 26.7. The van der Waals surface area contributed by atoms with E-state index in [1.54, 1.807) is 0 Å². The summed E-state index contributed by atoms with van der Waals surface area (Å²) in [7, 11) is 0. The second kappa shape index (κ2) is 11.0. The van der Waals surface area contributed by atoms with Crippen LogP contribution >= 0.6 is 11.3 Å². The second-order valence-corrected chi connectivity index (χ2v) is 12.7. The van der Waals surface area contributed by atoms with Crippen LogP contribution in [-0.2, 0) is 0 Å². The zero-order chi connectivity index (χ0) is 30.5. The maximum Gasteiger partial charge on any atom is 0.0462 e. The molecule has 1 nitrogen and oxygen atoms in total. The van der Waals surface area contributed by atoms with Gasteiger partial charge in [0, 0.05) is 42.6 Å². The summed E-state index contributed by atoms with van der Waals surface area (Å²) < 4.78 is 2.68. The van der Waals surface area contributed by atoms with E-state index in [1.807, 2.05) is 11.3 Å². The monoisotopic (exact) mass is 603 g/mol. The lowest BCUT2D eigenvalue weighted by atomic mass is 9.92. The fraction of sp³-hybridized carbons (Fsp3) is 0. The van der Waals surface area contributed by atoms with Gasteiger partial charge in [0.15, 0.2) is 0 Å². The Labute approximate surface area is 272 Å². The molecule has 1 heterocycles. The number of benzene rings is 8. The quantitative estimate of drug-likeness (QED) is 0.177. The van der Waals surface area contributed by atoms with Gasteiger partial charge >= 0.3 is 0 Å². The average molecular weight is 604 g/mol. The zero-order valence-corrected chi connectivity index (χ0v) is 25.9. The van der Waals surface area contributed by atoms with Crippen molar-refractivity contribution in [3.05, 3.63) is 176 Å². The van der Waals surface area contributed by atoms with E-state index < -0.39 is 0 Å². The molecule has 0 aliphatic carbocycles. The molecule has 0 fully saturated rings. The van der Waals surface area contributed by atoms with Crippen molar-refractivity contribution in [3.63, 3.8) is 0 Å². The van der Waals surface area contributed by atoms with Crippen molar-refractivity contribution in [2.45, 2.75) is 0 Å². The highest BCUT2D eigenvalue weighted by Gasteiger charge is 2.18. The summed E-state index contributed by atoms with van der Waals surface area (Å²) in [5, 5.41) is 7.86. The van der Waals surface area contributed by atoms with E-state index in [0.717, 1.165) is 17.1 Å². The molecule has 0 amide bonds. The largest absolute Gasteiger partial charge is 0.311 e. The Morgan fingerprint density at radius 2 is 0.935 bits per heavy atom. The highest BCUT2D eigenvalue weighted by Crippen LogP contribution is 2.47. The van der Waals surface area contributed by atoms with Crippen LogP contribution in [0.4, 0.5) is 17.1 Å². The molecule has 0 saturated heterocycles. The summed E-state index contributed by atoms with van der Waals surface area (Å²) in [6.45, 7) is 0. The minimum Gasteiger partial charge on any atom is -0.311 e. The molecular formula is C44H29NS. The lowest BCUT2D eigenvalue weighted by Gasteiger charge is -2.25. The Kier molecular flexibility index (Phi) is 6.40. The number of hydrogen-bond donors (Lipinski definition) is 0. The van der Waals surface area contributed by atoms with Gasteiger partial charge in [0.25, 0.3) is 0 Å². The molecule has 216 valence electrons. The third-order valence-corrected chi connectivity index (χ3v) is 10.3. The van der Waals surface area contributed by atoms with Crippen molar-refractivity contribution in [1.29, 1.82) is 0 Å². The lowest BCUT2D eigenvalue weighted by Crippen LogP contribution is -2.09. The maximum absolute atomic E-state index is 2.42. The molecule has 0 aliphatic heterocycles. The molecule has 2 heteroatoms. The van der Waals surface area contributed by atoms with Gasteiger partial charge in [0.05, 0.1) is 0 Å². The van der Waals surface area contributed by atoms with Crippen molar-refractivity contribution < 1.29 is 0 Å². The van der Waals surface area contributed by atoms with Crippen LogP contribution in [-0.4, -0.2) is 0 Å². The number of para-hydroxylation sites is 2. The van der Waals surface area contributed by atoms with Gasteiger partial charge in [-0.15, -0.1) is 11.3 Å². The standard InChI is InChI=1S/C44H29NS/c1-4-13-30(14-5-1)40-29-41-39-22-12-21-37(43(39)46-44(41)42-36-20-11-10-15-31(36)25-28-38(40)42)32-23-26-35(27-24-32)45(33-16-6-2-7-17-33)34-18-8-3-9-19-34/h1-29H. The van der Waals surface area contributed by atoms with E-state index in [2.05, 4.69) is 181 Å². The average Bonchev–Trinajstić information content (AvgIpc) is 3.52. The smallest absolute Gasteiger partial charge is 0.0462 e. The first-order valence-electron chi connectivity index (χ1n) is 15.7. The van der Waals surface area contributed by atoms with E-state index in [1.165, 1.54) is 64.0 Å². The third kappa shape index (κ3) is 4.38. The van der Waals surface area contributed by atoms with Gasteiger partial charge in [-0.2, -0.15) is 0 Å². The normalized spacial score (nSPS) is 11.5. The first-order chi connectivity index (χ1) is 22.8. The van der Waals surface area contributed by atoms with E-state index in [0.29, 0.717) is 0 Å². The van der Waals surface area contributed by atoms with Crippen molar-refractivity contribution >= 4 is 70.1 Å². The maximum atomic E-state index is 2.42. The Hall–Kier alpha value is -5.70. The molecule has 0 saturated carbocycles. The fourth-order valence-corrected chi connectivity index (χ4v) is 8.29. The van der Waals surface area contributed by atoms with Gasteiger partial charge < -0.3 is 4.90 Å². The van der Waals surface area contributed by atoms with E-state index >= 15 is 0 Å². The predicted octanol–water partition coefficient (Wildman–Crippen LogP) is 13.2. The van der Waals surface area contributed by atoms with Crippen molar-refractivity contribution in [3.8, 4) is 22.3 Å². The molecule has 8 aromatic carbocycles. The molecule has 0 bridgehead atoms. The van der Waals surface area contributed by atoms with Crippen LogP contribution in [0.25, 0.3) is 64.0 Å². The van der Waals surface area contributed by atoms with Crippen molar-refractivity contribution in [1.82, 2.24) is 0 Å². The van der Waals surface area contributed by atoms with Crippen LogP contribution in [0.3, 0.4) is 0 Å². The van der Waals surface area contributed by atoms with Gasteiger partial charge in [-0.25, -0.2) is 0 Å². The Morgan fingerprint density at radius 1 is 0.348 bits per heavy atom. The van der Waals surface area contributed by atoms with Crippen LogP contribution in [0.1, 0.15) is 0 Å². The second-order valence-electron chi connectivity index (χ2n) is 11.7.